The molecule has 6 heteroatoms. The summed E-state index contributed by atoms with van der Waals surface area (Å²) < 4.78 is 10.7. The summed E-state index contributed by atoms with van der Waals surface area (Å²) in [6, 6.07) is 10.3. The lowest BCUT2D eigenvalue weighted by Crippen LogP contribution is -2.31. The van der Waals surface area contributed by atoms with Crippen molar-refractivity contribution in [2.45, 2.75) is 6.92 Å². The normalized spacial score (nSPS) is 10.1. The lowest BCUT2D eigenvalue weighted by atomic mass is 10.2. The van der Waals surface area contributed by atoms with E-state index in [4.69, 9.17) is 9.15 Å². The number of carbonyl (C=O) groups excluding carboxylic acids is 2. The molecule has 0 saturated carbocycles. The van der Waals surface area contributed by atoms with Crippen molar-refractivity contribution < 1.29 is 18.7 Å². The van der Waals surface area contributed by atoms with Gasteiger partial charge in [-0.25, -0.2) is 4.79 Å². The van der Waals surface area contributed by atoms with E-state index in [1.807, 2.05) is 19.1 Å². The number of rotatable bonds is 4. The molecule has 0 aliphatic rings. The summed E-state index contributed by atoms with van der Waals surface area (Å²) in [6.07, 6.45) is 0. The maximum Gasteiger partial charge on any atom is 0.330 e. The summed E-state index contributed by atoms with van der Waals surface area (Å²) in [5, 5.41) is 2.42. The van der Waals surface area contributed by atoms with Crippen molar-refractivity contribution in [3.8, 4) is 5.75 Å². The number of benzene rings is 1. The molecule has 1 aromatic heterocycles. The van der Waals surface area contributed by atoms with Gasteiger partial charge in [-0.2, -0.15) is 0 Å². The summed E-state index contributed by atoms with van der Waals surface area (Å²) in [5.74, 6) is -0.413. The molecule has 2 aromatic rings. The van der Waals surface area contributed by atoms with Crippen molar-refractivity contribution in [2.75, 3.05) is 6.54 Å². The maximum absolute atomic E-state index is 11.6. The fraction of sp³-hybridized carbons (Fsp3) is 0.143. The van der Waals surface area contributed by atoms with E-state index in [0.29, 0.717) is 10.4 Å². The third-order valence-corrected chi connectivity index (χ3v) is 2.93. The number of hydrogen-bond donors (Lipinski definition) is 1. The van der Waals surface area contributed by atoms with Crippen LogP contribution in [-0.2, 0) is 4.79 Å². The summed E-state index contributed by atoms with van der Waals surface area (Å²) in [6.45, 7) is 1.60. The van der Waals surface area contributed by atoms with Crippen molar-refractivity contribution in [2.24, 2.45) is 0 Å². The topological polar surface area (TPSA) is 68.5 Å². The van der Waals surface area contributed by atoms with Crippen LogP contribution < -0.4 is 10.1 Å². The van der Waals surface area contributed by atoms with E-state index in [1.54, 1.807) is 18.2 Å². The lowest BCUT2D eigenvalue weighted by Gasteiger charge is -2.07. The molecule has 0 aliphatic carbocycles. The molecule has 1 heterocycles. The maximum atomic E-state index is 11.6. The van der Waals surface area contributed by atoms with Gasteiger partial charge in [0.2, 0.25) is 0 Å². The zero-order valence-electron chi connectivity index (χ0n) is 10.7. The molecule has 20 heavy (non-hydrogen) atoms. The molecule has 0 radical (unpaired) electrons. The first kappa shape index (κ1) is 14.3. The predicted octanol–water partition coefficient (Wildman–Crippen LogP) is 2.69. The molecular weight excluding hydrogens is 326 g/mol. The Kier molecular flexibility index (Phi) is 4.57. The van der Waals surface area contributed by atoms with Gasteiger partial charge in [0.25, 0.3) is 5.91 Å². The predicted molar refractivity (Wildman–Crippen MR) is 75.6 cm³/mol. The van der Waals surface area contributed by atoms with Crippen molar-refractivity contribution in [3.05, 3.63) is 52.4 Å². The minimum atomic E-state index is -0.543. The molecule has 1 N–H and O–H groups in total. The van der Waals surface area contributed by atoms with E-state index >= 15 is 0 Å². The van der Waals surface area contributed by atoms with Gasteiger partial charge in [-0.05, 0) is 46.6 Å². The molecule has 0 atom stereocenters. The van der Waals surface area contributed by atoms with Crippen LogP contribution in [0.2, 0.25) is 0 Å². The van der Waals surface area contributed by atoms with Gasteiger partial charge in [0.1, 0.15) is 12.3 Å². The summed E-state index contributed by atoms with van der Waals surface area (Å²) in [4.78, 5) is 23.3. The van der Waals surface area contributed by atoms with Crippen LogP contribution in [0.25, 0.3) is 0 Å². The number of para-hydroxylation sites is 1. The quantitative estimate of drug-likeness (QED) is 0.687. The summed E-state index contributed by atoms with van der Waals surface area (Å²) in [7, 11) is 0. The second kappa shape index (κ2) is 6.38. The monoisotopic (exact) mass is 337 g/mol. The van der Waals surface area contributed by atoms with Crippen LogP contribution in [0, 0.1) is 6.92 Å². The van der Waals surface area contributed by atoms with Crippen molar-refractivity contribution in [1.29, 1.82) is 0 Å². The first-order valence-electron chi connectivity index (χ1n) is 5.86. The van der Waals surface area contributed by atoms with Gasteiger partial charge in [0.05, 0.1) is 0 Å². The van der Waals surface area contributed by atoms with Crippen LogP contribution in [-0.4, -0.2) is 18.4 Å². The largest absolute Gasteiger partial charge is 0.444 e. The van der Waals surface area contributed by atoms with Crippen LogP contribution in [0.5, 0.6) is 5.75 Å². The van der Waals surface area contributed by atoms with Crippen LogP contribution in [0.15, 0.2) is 45.5 Å². The Morgan fingerprint density at radius 3 is 2.65 bits per heavy atom. The number of amides is 1. The Morgan fingerprint density at radius 1 is 1.25 bits per heavy atom. The van der Waals surface area contributed by atoms with Gasteiger partial charge < -0.3 is 14.5 Å². The van der Waals surface area contributed by atoms with Gasteiger partial charge in [-0.3, -0.25) is 4.79 Å². The van der Waals surface area contributed by atoms with Crippen molar-refractivity contribution in [1.82, 2.24) is 5.32 Å². The van der Waals surface area contributed by atoms with Crippen molar-refractivity contribution >= 4 is 27.8 Å². The SMILES string of the molecule is Cc1ccccc1OC(=O)CNC(=O)c1ccc(Br)o1. The van der Waals surface area contributed by atoms with Gasteiger partial charge in [0.15, 0.2) is 10.4 Å². The van der Waals surface area contributed by atoms with Gasteiger partial charge in [0, 0.05) is 0 Å². The van der Waals surface area contributed by atoms with Crippen LogP contribution in [0.4, 0.5) is 0 Å². The van der Waals surface area contributed by atoms with Crippen LogP contribution in [0.3, 0.4) is 0 Å². The highest BCUT2D eigenvalue weighted by Gasteiger charge is 2.13. The Bertz CT molecular complexity index is 636. The molecule has 0 spiro atoms. The number of esters is 1. The molecule has 1 aromatic carbocycles. The molecule has 0 fully saturated rings. The zero-order chi connectivity index (χ0) is 14.5. The second-order valence-electron chi connectivity index (χ2n) is 4.03. The minimum absolute atomic E-state index is 0.126. The highest BCUT2D eigenvalue weighted by atomic mass is 79.9. The average Bonchev–Trinajstić information content (AvgIpc) is 2.85. The number of hydrogen-bond acceptors (Lipinski definition) is 4. The Morgan fingerprint density at radius 2 is 2.00 bits per heavy atom. The Balaban J connectivity index is 1.87. The van der Waals surface area contributed by atoms with E-state index in [2.05, 4.69) is 21.2 Å². The Hall–Kier alpha value is -2.08. The molecule has 0 aliphatic heterocycles. The lowest BCUT2D eigenvalue weighted by molar-refractivity contribution is -0.133. The fourth-order valence-corrected chi connectivity index (χ4v) is 1.81. The first-order chi connectivity index (χ1) is 9.56. The molecule has 0 saturated heterocycles. The number of furan rings is 1. The average molecular weight is 338 g/mol. The van der Waals surface area contributed by atoms with E-state index in [-0.39, 0.29) is 12.3 Å². The Labute approximate surface area is 124 Å². The number of carbonyl (C=O) groups is 2. The number of ether oxygens (including phenoxy) is 1. The van der Waals surface area contributed by atoms with Gasteiger partial charge in [-0.15, -0.1) is 0 Å². The highest BCUT2D eigenvalue weighted by Crippen LogP contribution is 2.16. The van der Waals surface area contributed by atoms with Crippen molar-refractivity contribution in [3.63, 3.8) is 0 Å². The molecule has 0 unspecified atom stereocenters. The van der Waals surface area contributed by atoms with E-state index in [9.17, 15) is 9.59 Å². The van der Waals surface area contributed by atoms with Crippen LogP contribution in [0.1, 0.15) is 16.1 Å². The van der Waals surface area contributed by atoms with Crippen LogP contribution >= 0.6 is 15.9 Å². The first-order valence-corrected chi connectivity index (χ1v) is 6.65. The number of aryl methyl sites for hydroxylation is 1. The number of nitrogens with one attached hydrogen (secondary N) is 1. The van der Waals surface area contributed by atoms with E-state index < -0.39 is 11.9 Å². The number of halogens is 1. The molecule has 1 amide bonds. The molecular formula is C14H12BrNO4. The molecule has 104 valence electrons. The van der Waals surface area contributed by atoms with Gasteiger partial charge >= 0.3 is 5.97 Å². The van der Waals surface area contributed by atoms with E-state index in [0.717, 1.165) is 5.56 Å². The smallest absolute Gasteiger partial charge is 0.330 e. The molecule has 2 rings (SSSR count). The zero-order valence-corrected chi connectivity index (χ0v) is 12.3. The summed E-state index contributed by atoms with van der Waals surface area (Å²) in [5.41, 5.74) is 0.849. The van der Waals surface area contributed by atoms with Gasteiger partial charge in [-0.1, -0.05) is 18.2 Å². The van der Waals surface area contributed by atoms with E-state index in [1.165, 1.54) is 6.07 Å². The molecule has 5 nitrogen and oxygen atoms in total. The highest BCUT2D eigenvalue weighted by molar-refractivity contribution is 9.10. The third-order valence-electron chi connectivity index (χ3n) is 2.51. The fourth-order valence-electron chi connectivity index (χ4n) is 1.51. The second-order valence-corrected chi connectivity index (χ2v) is 4.81. The summed E-state index contributed by atoms with van der Waals surface area (Å²) >= 11 is 3.09. The standard InChI is InChI=1S/C14H12BrNO4/c1-9-4-2-3-5-10(9)20-13(17)8-16-14(18)11-6-7-12(15)19-11/h2-7H,8H2,1H3,(H,16,18). The molecule has 0 bridgehead atoms. The third kappa shape index (κ3) is 3.71. The minimum Gasteiger partial charge on any atom is -0.444 e.